The van der Waals surface area contributed by atoms with Gasteiger partial charge in [-0.1, -0.05) is 6.92 Å². The van der Waals surface area contributed by atoms with Crippen LogP contribution in [0.3, 0.4) is 0 Å². The van der Waals surface area contributed by atoms with Crippen molar-refractivity contribution in [2.45, 2.75) is 26.2 Å². The number of aromatic nitrogens is 2. The molecule has 5 heteroatoms. The zero-order valence-corrected chi connectivity index (χ0v) is 9.44. The van der Waals surface area contributed by atoms with Crippen molar-refractivity contribution in [2.75, 3.05) is 23.3 Å². The largest absolute Gasteiger partial charge is 0.356 e. The van der Waals surface area contributed by atoms with Crippen LogP contribution in [-0.4, -0.2) is 29.0 Å². The lowest BCUT2D eigenvalue weighted by Gasteiger charge is -2.16. The molecule has 1 fully saturated rings. The van der Waals surface area contributed by atoms with E-state index in [1.165, 1.54) is 19.2 Å². The molecule has 0 bridgehead atoms. The summed E-state index contributed by atoms with van der Waals surface area (Å²) < 4.78 is 0. The number of anilines is 2. The third kappa shape index (κ3) is 2.48. The molecule has 0 radical (unpaired) electrons. The van der Waals surface area contributed by atoms with E-state index in [2.05, 4.69) is 20.2 Å². The second-order valence-corrected chi connectivity index (χ2v) is 3.86. The fraction of sp³-hybridized carbons (Fsp3) is 0.545. The second-order valence-electron chi connectivity index (χ2n) is 3.86. The molecule has 1 aliphatic heterocycles. The lowest BCUT2D eigenvalue weighted by atomic mass is 10.4. The third-order valence-corrected chi connectivity index (χ3v) is 2.67. The average molecular weight is 220 g/mol. The highest BCUT2D eigenvalue weighted by Gasteiger charge is 2.14. The molecule has 86 valence electrons. The summed E-state index contributed by atoms with van der Waals surface area (Å²) >= 11 is 0. The van der Waals surface area contributed by atoms with Crippen LogP contribution in [0.4, 0.5) is 11.6 Å². The quantitative estimate of drug-likeness (QED) is 0.837. The number of nitrogens with one attached hydrogen (secondary N) is 1. The maximum Gasteiger partial charge on any atom is 0.225 e. The molecule has 2 heterocycles. The number of hydrogen-bond donors (Lipinski definition) is 1. The molecule has 16 heavy (non-hydrogen) atoms. The van der Waals surface area contributed by atoms with Crippen molar-refractivity contribution in [3.8, 4) is 0 Å². The zero-order valence-electron chi connectivity index (χ0n) is 9.44. The molecule has 2 rings (SSSR count). The van der Waals surface area contributed by atoms with Crippen LogP contribution in [0.25, 0.3) is 0 Å². The van der Waals surface area contributed by atoms with E-state index in [-0.39, 0.29) is 5.91 Å². The molecule has 1 N–H and O–H groups in total. The van der Waals surface area contributed by atoms with E-state index >= 15 is 0 Å². The Hall–Kier alpha value is -1.65. The van der Waals surface area contributed by atoms with E-state index in [0.29, 0.717) is 12.2 Å². The van der Waals surface area contributed by atoms with Gasteiger partial charge in [-0.25, -0.2) is 9.97 Å². The summed E-state index contributed by atoms with van der Waals surface area (Å²) in [4.78, 5) is 21.7. The number of amides is 1. The second kappa shape index (κ2) is 4.92. The fourth-order valence-electron chi connectivity index (χ4n) is 1.77. The maximum atomic E-state index is 11.2. The van der Waals surface area contributed by atoms with Crippen molar-refractivity contribution in [3.05, 3.63) is 12.4 Å². The smallest absolute Gasteiger partial charge is 0.225 e. The predicted octanol–water partition coefficient (Wildman–Crippen LogP) is 1.43. The highest BCUT2D eigenvalue weighted by Crippen LogP contribution is 2.19. The minimum absolute atomic E-state index is 0.0222. The standard InChI is InChI=1S/C11H16N4O/c1-2-11(16)14-9-7-10(13-8-12-9)15-5-3-4-6-15/h7-8H,2-6H2,1H3,(H,12,13,14,16). The number of rotatable bonds is 3. The molecule has 5 nitrogen and oxygen atoms in total. The van der Waals surface area contributed by atoms with E-state index in [0.717, 1.165) is 18.9 Å². The Morgan fingerprint density at radius 1 is 1.44 bits per heavy atom. The molecule has 1 aromatic heterocycles. The van der Waals surface area contributed by atoms with Gasteiger partial charge in [0.2, 0.25) is 5.91 Å². The summed E-state index contributed by atoms with van der Waals surface area (Å²) in [5.41, 5.74) is 0. The van der Waals surface area contributed by atoms with Crippen molar-refractivity contribution >= 4 is 17.5 Å². The summed E-state index contributed by atoms with van der Waals surface area (Å²) in [7, 11) is 0. The van der Waals surface area contributed by atoms with E-state index in [4.69, 9.17) is 0 Å². The molecule has 0 aliphatic carbocycles. The van der Waals surface area contributed by atoms with E-state index in [1.807, 2.05) is 13.0 Å². The van der Waals surface area contributed by atoms with Crippen LogP contribution in [0, 0.1) is 0 Å². The summed E-state index contributed by atoms with van der Waals surface area (Å²) in [6.07, 6.45) is 4.38. The minimum atomic E-state index is -0.0222. The first-order valence-corrected chi connectivity index (χ1v) is 5.66. The summed E-state index contributed by atoms with van der Waals surface area (Å²) in [5, 5.41) is 2.74. The van der Waals surface area contributed by atoms with Gasteiger partial charge in [0.25, 0.3) is 0 Å². The normalized spacial score (nSPS) is 15.2. The average Bonchev–Trinajstić information content (AvgIpc) is 2.83. The fourth-order valence-corrected chi connectivity index (χ4v) is 1.77. The first-order valence-electron chi connectivity index (χ1n) is 5.66. The van der Waals surface area contributed by atoms with Crippen molar-refractivity contribution in [1.29, 1.82) is 0 Å². The molecule has 0 spiro atoms. The monoisotopic (exact) mass is 220 g/mol. The zero-order chi connectivity index (χ0) is 11.4. The van der Waals surface area contributed by atoms with Gasteiger partial charge in [0.15, 0.2) is 0 Å². The van der Waals surface area contributed by atoms with Crippen LogP contribution >= 0.6 is 0 Å². The third-order valence-electron chi connectivity index (χ3n) is 2.67. The molecule has 1 saturated heterocycles. The number of carbonyl (C=O) groups is 1. The first kappa shape index (κ1) is 10.9. The molecule has 0 saturated carbocycles. The Morgan fingerprint density at radius 3 is 2.88 bits per heavy atom. The molecular weight excluding hydrogens is 204 g/mol. The van der Waals surface area contributed by atoms with Crippen molar-refractivity contribution in [1.82, 2.24) is 9.97 Å². The minimum Gasteiger partial charge on any atom is -0.356 e. The van der Waals surface area contributed by atoms with Crippen LogP contribution in [0.15, 0.2) is 12.4 Å². The van der Waals surface area contributed by atoms with E-state index in [9.17, 15) is 4.79 Å². The lowest BCUT2D eigenvalue weighted by molar-refractivity contribution is -0.115. The van der Waals surface area contributed by atoms with Gasteiger partial charge in [-0.05, 0) is 12.8 Å². The maximum absolute atomic E-state index is 11.2. The van der Waals surface area contributed by atoms with Crippen LogP contribution in [0.1, 0.15) is 26.2 Å². The highest BCUT2D eigenvalue weighted by atomic mass is 16.1. The summed E-state index contributed by atoms with van der Waals surface area (Å²) in [6, 6.07) is 1.83. The first-order chi connectivity index (χ1) is 7.79. The number of hydrogen-bond acceptors (Lipinski definition) is 4. The van der Waals surface area contributed by atoms with Gasteiger partial charge < -0.3 is 10.2 Å². The van der Waals surface area contributed by atoms with Gasteiger partial charge in [0, 0.05) is 25.6 Å². The Balaban J connectivity index is 2.09. The molecule has 1 aromatic rings. The Kier molecular flexibility index (Phi) is 3.34. The van der Waals surface area contributed by atoms with Gasteiger partial charge in [0.1, 0.15) is 18.0 Å². The van der Waals surface area contributed by atoms with Crippen LogP contribution < -0.4 is 10.2 Å². The van der Waals surface area contributed by atoms with Crippen molar-refractivity contribution in [2.24, 2.45) is 0 Å². The van der Waals surface area contributed by atoms with Gasteiger partial charge in [0.05, 0.1) is 0 Å². The Bertz CT molecular complexity index is 374. The molecule has 0 unspecified atom stereocenters. The van der Waals surface area contributed by atoms with Crippen molar-refractivity contribution in [3.63, 3.8) is 0 Å². The molecule has 1 aliphatic rings. The molecule has 0 aromatic carbocycles. The molecular formula is C11H16N4O. The van der Waals surface area contributed by atoms with Gasteiger partial charge in [-0.3, -0.25) is 4.79 Å². The van der Waals surface area contributed by atoms with Gasteiger partial charge >= 0.3 is 0 Å². The van der Waals surface area contributed by atoms with Crippen LogP contribution in [-0.2, 0) is 4.79 Å². The Labute approximate surface area is 94.9 Å². The number of nitrogens with zero attached hydrogens (tertiary/aromatic N) is 3. The topological polar surface area (TPSA) is 58.1 Å². The van der Waals surface area contributed by atoms with E-state index < -0.39 is 0 Å². The lowest BCUT2D eigenvalue weighted by Crippen LogP contribution is -2.20. The van der Waals surface area contributed by atoms with Crippen LogP contribution in [0.2, 0.25) is 0 Å². The SMILES string of the molecule is CCC(=O)Nc1cc(N2CCCC2)ncn1. The molecule has 0 atom stereocenters. The Morgan fingerprint density at radius 2 is 2.19 bits per heavy atom. The van der Waals surface area contributed by atoms with Crippen molar-refractivity contribution < 1.29 is 4.79 Å². The highest BCUT2D eigenvalue weighted by molar-refractivity contribution is 5.89. The van der Waals surface area contributed by atoms with Gasteiger partial charge in [-0.15, -0.1) is 0 Å². The summed E-state index contributed by atoms with van der Waals surface area (Å²) in [6.45, 7) is 3.90. The van der Waals surface area contributed by atoms with E-state index in [1.54, 1.807) is 0 Å². The predicted molar refractivity (Wildman–Crippen MR) is 62.4 cm³/mol. The molecule has 1 amide bonds. The number of carbonyl (C=O) groups excluding carboxylic acids is 1. The van der Waals surface area contributed by atoms with Gasteiger partial charge in [-0.2, -0.15) is 0 Å². The van der Waals surface area contributed by atoms with Crippen LogP contribution in [0.5, 0.6) is 0 Å². The summed E-state index contributed by atoms with van der Waals surface area (Å²) in [5.74, 6) is 1.47.